The van der Waals surface area contributed by atoms with Gasteiger partial charge in [0, 0.05) is 0 Å². The first-order valence-corrected chi connectivity index (χ1v) is 6.47. The van der Waals surface area contributed by atoms with Gasteiger partial charge in [-0.1, -0.05) is 12.1 Å². The maximum Gasteiger partial charge on any atom is 0.342 e. The van der Waals surface area contributed by atoms with Crippen molar-refractivity contribution in [2.45, 2.75) is 13.5 Å². The molecule has 2 heterocycles. The van der Waals surface area contributed by atoms with Crippen LogP contribution in [0.3, 0.4) is 0 Å². The number of aryl methyl sites for hydroxylation is 1. The largest absolute Gasteiger partial charge is 0.507 e. The zero-order valence-electron chi connectivity index (χ0n) is 11.6. The van der Waals surface area contributed by atoms with Crippen LogP contribution < -0.4 is 0 Å². The number of hydrogen-bond acceptors (Lipinski definition) is 7. The molecule has 0 amide bonds. The third-order valence-corrected chi connectivity index (χ3v) is 2.98. The number of phenols is 1. The van der Waals surface area contributed by atoms with Crippen molar-refractivity contribution < 1.29 is 23.5 Å². The minimum absolute atomic E-state index is 0.0887. The predicted octanol–water partition coefficient (Wildman–Crippen LogP) is 2.70. The van der Waals surface area contributed by atoms with Crippen LogP contribution in [-0.2, 0) is 11.3 Å². The average Bonchev–Trinajstić information content (AvgIpc) is 3.18. The topological polar surface area (TPSA) is 98.6 Å². The van der Waals surface area contributed by atoms with Crippen molar-refractivity contribution in [1.29, 1.82) is 0 Å². The lowest BCUT2D eigenvalue weighted by Gasteiger charge is -2.06. The standard InChI is InChI=1S/C15H12N2O5/c1-9-4-2-5-10(13(9)18)15(19)21-8-12-16-17-14(22-12)11-6-3-7-20-11/h2-7,18H,8H2,1H3. The lowest BCUT2D eigenvalue weighted by atomic mass is 10.1. The van der Waals surface area contributed by atoms with Gasteiger partial charge in [-0.25, -0.2) is 4.79 Å². The molecule has 2 aromatic heterocycles. The Morgan fingerprint density at radius 1 is 1.27 bits per heavy atom. The van der Waals surface area contributed by atoms with Crippen LogP contribution in [0.4, 0.5) is 0 Å². The maximum atomic E-state index is 11.9. The lowest BCUT2D eigenvalue weighted by Crippen LogP contribution is -2.06. The number of phenolic OH excluding ortho intramolecular Hbond substituents is 1. The maximum absolute atomic E-state index is 11.9. The third-order valence-electron chi connectivity index (χ3n) is 2.98. The highest BCUT2D eigenvalue weighted by molar-refractivity contribution is 5.92. The number of nitrogens with zero attached hydrogens (tertiary/aromatic N) is 2. The number of esters is 1. The molecule has 7 heteroatoms. The van der Waals surface area contributed by atoms with E-state index in [9.17, 15) is 9.90 Å². The van der Waals surface area contributed by atoms with Crippen molar-refractivity contribution in [3.63, 3.8) is 0 Å². The summed E-state index contributed by atoms with van der Waals surface area (Å²) in [7, 11) is 0. The molecule has 22 heavy (non-hydrogen) atoms. The van der Waals surface area contributed by atoms with Crippen molar-refractivity contribution >= 4 is 5.97 Å². The SMILES string of the molecule is Cc1cccc(C(=O)OCc2nnc(-c3ccco3)o2)c1O. The molecule has 1 N–H and O–H groups in total. The number of aromatic hydroxyl groups is 1. The van der Waals surface area contributed by atoms with E-state index in [1.165, 1.54) is 12.3 Å². The minimum atomic E-state index is -0.668. The van der Waals surface area contributed by atoms with Gasteiger partial charge in [-0.05, 0) is 30.7 Å². The predicted molar refractivity (Wildman–Crippen MR) is 74.0 cm³/mol. The average molecular weight is 300 g/mol. The molecular formula is C15H12N2O5. The zero-order valence-corrected chi connectivity index (χ0v) is 11.6. The van der Waals surface area contributed by atoms with Crippen molar-refractivity contribution in [2.75, 3.05) is 0 Å². The number of ether oxygens (including phenoxy) is 1. The Morgan fingerprint density at radius 3 is 2.91 bits per heavy atom. The normalized spacial score (nSPS) is 10.6. The minimum Gasteiger partial charge on any atom is -0.507 e. The molecule has 0 fully saturated rings. The molecule has 112 valence electrons. The van der Waals surface area contributed by atoms with Crippen LogP contribution in [0.1, 0.15) is 21.8 Å². The van der Waals surface area contributed by atoms with Crippen molar-refractivity contribution in [3.8, 4) is 17.4 Å². The molecule has 0 unspecified atom stereocenters. The van der Waals surface area contributed by atoms with Crippen molar-refractivity contribution in [2.24, 2.45) is 0 Å². The van der Waals surface area contributed by atoms with E-state index in [-0.39, 0.29) is 29.7 Å². The molecule has 0 atom stereocenters. The van der Waals surface area contributed by atoms with Gasteiger partial charge < -0.3 is 18.7 Å². The summed E-state index contributed by atoms with van der Waals surface area (Å²) in [4.78, 5) is 11.9. The van der Waals surface area contributed by atoms with Crippen molar-refractivity contribution in [3.05, 3.63) is 53.6 Å². The quantitative estimate of drug-likeness (QED) is 0.739. The monoisotopic (exact) mass is 300 g/mol. The Labute approximate surface area is 125 Å². The summed E-state index contributed by atoms with van der Waals surface area (Å²) in [6, 6.07) is 8.20. The number of benzene rings is 1. The van der Waals surface area contributed by atoms with E-state index in [0.717, 1.165) is 0 Å². The number of aromatic nitrogens is 2. The number of rotatable bonds is 4. The van der Waals surface area contributed by atoms with Crippen LogP contribution >= 0.6 is 0 Å². The van der Waals surface area contributed by atoms with Gasteiger partial charge in [0.15, 0.2) is 12.4 Å². The van der Waals surface area contributed by atoms with Gasteiger partial charge in [0.25, 0.3) is 11.8 Å². The van der Waals surface area contributed by atoms with Crippen LogP contribution in [0.15, 0.2) is 45.4 Å². The van der Waals surface area contributed by atoms with E-state index in [4.69, 9.17) is 13.6 Å². The highest BCUT2D eigenvalue weighted by Crippen LogP contribution is 2.23. The van der Waals surface area contributed by atoms with E-state index < -0.39 is 5.97 Å². The second kappa shape index (κ2) is 5.72. The lowest BCUT2D eigenvalue weighted by molar-refractivity contribution is 0.0435. The summed E-state index contributed by atoms with van der Waals surface area (Å²) in [6.45, 7) is 1.50. The summed E-state index contributed by atoms with van der Waals surface area (Å²) >= 11 is 0. The van der Waals surface area contributed by atoms with Crippen LogP contribution in [0, 0.1) is 6.92 Å². The number of hydrogen-bond donors (Lipinski definition) is 1. The highest BCUT2D eigenvalue weighted by atomic mass is 16.5. The summed E-state index contributed by atoms with van der Waals surface area (Å²) < 4.78 is 15.5. The van der Waals surface area contributed by atoms with Crippen LogP contribution in [0.2, 0.25) is 0 Å². The van der Waals surface area contributed by atoms with Crippen LogP contribution in [0.5, 0.6) is 5.75 Å². The van der Waals surface area contributed by atoms with Crippen LogP contribution in [0.25, 0.3) is 11.7 Å². The molecule has 0 saturated carbocycles. The molecule has 0 aliphatic carbocycles. The van der Waals surface area contributed by atoms with Gasteiger partial charge in [0.05, 0.1) is 6.26 Å². The summed E-state index contributed by atoms with van der Waals surface area (Å²) in [6.07, 6.45) is 1.49. The smallest absolute Gasteiger partial charge is 0.342 e. The Balaban J connectivity index is 1.68. The first kappa shape index (κ1) is 13.9. The molecule has 0 spiro atoms. The van der Waals surface area contributed by atoms with E-state index >= 15 is 0 Å². The third kappa shape index (κ3) is 2.69. The molecule has 3 aromatic rings. The highest BCUT2D eigenvalue weighted by Gasteiger charge is 2.16. The zero-order chi connectivity index (χ0) is 15.5. The molecule has 3 rings (SSSR count). The van der Waals surface area contributed by atoms with Crippen molar-refractivity contribution in [1.82, 2.24) is 10.2 Å². The van der Waals surface area contributed by atoms with Gasteiger partial charge in [-0.3, -0.25) is 0 Å². The Morgan fingerprint density at radius 2 is 2.14 bits per heavy atom. The van der Waals surface area contributed by atoms with Gasteiger partial charge in [0.2, 0.25) is 0 Å². The molecule has 7 nitrogen and oxygen atoms in total. The summed E-state index contributed by atoms with van der Waals surface area (Å²) in [5, 5.41) is 17.4. The molecule has 0 radical (unpaired) electrons. The first-order valence-electron chi connectivity index (χ1n) is 6.47. The molecule has 0 aliphatic rings. The fourth-order valence-electron chi connectivity index (χ4n) is 1.84. The fourth-order valence-corrected chi connectivity index (χ4v) is 1.84. The molecule has 1 aromatic carbocycles. The number of para-hydroxylation sites is 1. The molecular weight excluding hydrogens is 288 g/mol. The second-order valence-electron chi connectivity index (χ2n) is 4.53. The Bertz CT molecular complexity index is 792. The Kier molecular flexibility index (Phi) is 3.61. The van der Waals surface area contributed by atoms with E-state index in [1.807, 2.05) is 0 Å². The first-order chi connectivity index (χ1) is 10.6. The van der Waals surface area contributed by atoms with E-state index in [1.54, 1.807) is 31.2 Å². The number of carbonyl (C=O) groups excluding carboxylic acids is 1. The number of furan rings is 1. The Hall–Kier alpha value is -3.09. The van der Waals surface area contributed by atoms with Crippen LogP contribution in [-0.4, -0.2) is 21.3 Å². The van der Waals surface area contributed by atoms with E-state index in [0.29, 0.717) is 11.3 Å². The molecule has 0 aliphatic heterocycles. The van der Waals surface area contributed by atoms with E-state index in [2.05, 4.69) is 10.2 Å². The van der Waals surface area contributed by atoms with Gasteiger partial charge in [-0.2, -0.15) is 0 Å². The molecule has 0 saturated heterocycles. The number of carbonyl (C=O) groups is 1. The summed E-state index contributed by atoms with van der Waals surface area (Å²) in [5.41, 5.74) is 0.679. The summed E-state index contributed by atoms with van der Waals surface area (Å²) in [5.74, 6) is -0.00370. The van der Waals surface area contributed by atoms with Gasteiger partial charge in [0.1, 0.15) is 11.3 Å². The fraction of sp³-hybridized carbons (Fsp3) is 0.133. The van der Waals surface area contributed by atoms with Gasteiger partial charge >= 0.3 is 5.97 Å². The molecule has 0 bridgehead atoms. The van der Waals surface area contributed by atoms with Gasteiger partial charge in [-0.15, -0.1) is 10.2 Å². The second-order valence-corrected chi connectivity index (χ2v) is 4.53.